The van der Waals surface area contributed by atoms with Gasteiger partial charge in [0.25, 0.3) is 0 Å². The highest BCUT2D eigenvalue weighted by Gasteiger charge is 2.30. The fourth-order valence-electron chi connectivity index (χ4n) is 10.9. The molecular weight excluding hydrogens is 1200 g/mol. The molecule has 0 aliphatic rings. The smallest absolute Gasteiger partial charge is 0.462 e. The van der Waals surface area contributed by atoms with Crippen LogP contribution in [0.5, 0.6) is 0 Å². The zero-order valence-corrected chi connectivity index (χ0v) is 60.9. The lowest BCUT2D eigenvalue weighted by atomic mass is 10.0. The number of phosphoric acid groups is 2. The summed E-state index contributed by atoms with van der Waals surface area (Å²) in [6.45, 7) is 9.54. The molecule has 0 aliphatic carbocycles. The van der Waals surface area contributed by atoms with Crippen LogP contribution in [0.2, 0.25) is 0 Å². The van der Waals surface area contributed by atoms with E-state index in [9.17, 15) is 43.2 Å². The second kappa shape index (κ2) is 64.1. The summed E-state index contributed by atoms with van der Waals surface area (Å²) < 4.78 is 68.3. The van der Waals surface area contributed by atoms with Gasteiger partial charge in [-0.3, -0.25) is 37.3 Å². The van der Waals surface area contributed by atoms with E-state index in [0.717, 1.165) is 115 Å². The van der Waals surface area contributed by atoms with Crippen molar-refractivity contribution in [2.45, 2.75) is 387 Å². The standard InChI is InChI=1S/C72H140O17P2/c1-7-9-11-13-15-16-17-18-19-22-25-31-37-43-49-55-70(75)83-61-68(89-71(76)56-50-44-38-32-26-23-20-21-24-29-35-40-46-52-64(3)4)63-87-91(80,81)85-59-66(73)58-84-90(78,79)86-62-67(60-82-69(74)54-48-42-34-14-12-10-8-2)88-72(77)57-51-45-39-33-28-27-30-36-41-47-53-65(5)6/h64-68,73H,7-63H2,1-6H3,(H,78,79)(H,80,81)/t66-,67+,68+/m0/s1. The number of aliphatic hydroxyl groups is 1. The summed E-state index contributed by atoms with van der Waals surface area (Å²) in [5, 5.41) is 10.6. The number of aliphatic hydroxyl groups excluding tert-OH is 1. The maximum atomic E-state index is 13.0. The third-order valence-electron chi connectivity index (χ3n) is 16.7. The first-order valence-corrected chi connectivity index (χ1v) is 40.5. The molecule has 0 heterocycles. The van der Waals surface area contributed by atoms with E-state index < -0.39 is 97.5 Å². The van der Waals surface area contributed by atoms with Gasteiger partial charge in [0.2, 0.25) is 0 Å². The van der Waals surface area contributed by atoms with Gasteiger partial charge in [0, 0.05) is 25.7 Å². The lowest BCUT2D eigenvalue weighted by Gasteiger charge is -2.21. The van der Waals surface area contributed by atoms with Gasteiger partial charge in [-0.1, -0.05) is 318 Å². The van der Waals surface area contributed by atoms with Crippen molar-refractivity contribution in [3.05, 3.63) is 0 Å². The van der Waals surface area contributed by atoms with E-state index in [1.54, 1.807) is 0 Å². The first-order valence-electron chi connectivity index (χ1n) is 37.5. The Kier molecular flexibility index (Phi) is 62.7. The highest BCUT2D eigenvalue weighted by molar-refractivity contribution is 7.47. The molecule has 0 saturated carbocycles. The number of ether oxygens (including phenoxy) is 4. The Bertz CT molecular complexity index is 1770. The summed E-state index contributed by atoms with van der Waals surface area (Å²) in [5.74, 6) is -0.586. The van der Waals surface area contributed by atoms with Crippen LogP contribution in [0, 0.1) is 11.8 Å². The predicted octanol–water partition coefficient (Wildman–Crippen LogP) is 20.8. The molecule has 0 radical (unpaired) electrons. The fourth-order valence-corrected chi connectivity index (χ4v) is 12.5. The SMILES string of the molecule is CCCCCCCCCCCCCCCCCC(=O)OC[C@H](COP(=O)(O)OC[C@@H](O)COP(=O)(O)OC[C@@H](COC(=O)CCCCCCCCC)OC(=O)CCCCCCCCCCCCC(C)C)OC(=O)CCCCCCCCCCCCCCCC(C)C. The van der Waals surface area contributed by atoms with Crippen molar-refractivity contribution >= 4 is 39.5 Å². The van der Waals surface area contributed by atoms with Crippen molar-refractivity contribution in [3.63, 3.8) is 0 Å². The fraction of sp³-hybridized carbons (Fsp3) is 0.944. The number of hydrogen-bond acceptors (Lipinski definition) is 15. The van der Waals surface area contributed by atoms with E-state index in [4.69, 9.17) is 37.0 Å². The summed E-state index contributed by atoms with van der Waals surface area (Å²) in [7, 11) is -9.90. The Labute approximate surface area is 556 Å². The molecule has 0 aromatic carbocycles. The second-order valence-electron chi connectivity index (χ2n) is 26.9. The van der Waals surface area contributed by atoms with Crippen molar-refractivity contribution in [1.29, 1.82) is 0 Å². The first-order chi connectivity index (χ1) is 43.9. The molecule has 540 valence electrons. The van der Waals surface area contributed by atoms with Crippen molar-refractivity contribution < 1.29 is 80.2 Å². The van der Waals surface area contributed by atoms with Gasteiger partial charge in [-0.15, -0.1) is 0 Å². The summed E-state index contributed by atoms with van der Waals surface area (Å²) in [5.41, 5.74) is 0. The van der Waals surface area contributed by atoms with E-state index in [-0.39, 0.29) is 25.7 Å². The van der Waals surface area contributed by atoms with Gasteiger partial charge in [-0.2, -0.15) is 0 Å². The predicted molar refractivity (Wildman–Crippen MR) is 368 cm³/mol. The zero-order valence-electron chi connectivity index (χ0n) is 59.1. The van der Waals surface area contributed by atoms with Crippen LogP contribution in [0.1, 0.15) is 369 Å². The van der Waals surface area contributed by atoms with Crippen LogP contribution >= 0.6 is 15.6 Å². The Balaban J connectivity index is 5.21. The van der Waals surface area contributed by atoms with Crippen molar-refractivity contribution in [2.75, 3.05) is 39.6 Å². The largest absolute Gasteiger partial charge is 0.472 e. The Morgan fingerprint density at radius 1 is 0.297 bits per heavy atom. The van der Waals surface area contributed by atoms with Crippen LogP contribution in [0.15, 0.2) is 0 Å². The average molecular weight is 1340 g/mol. The number of rotatable bonds is 71. The molecule has 2 unspecified atom stereocenters. The van der Waals surface area contributed by atoms with Crippen LogP contribution in [-0.2, 0) is 65.4 Å². The Hall–Kier alpha value is -1.94. The van der Waals surface area contributed by atoms with Gasteiger partial charge in [0.15, 0.2) is 12.2 Å². The topological polar surface area (TPSA) is 237 Å². The highest BCUT2D eigenvalue weighted by atomic mass is 31.2. The number of esters is 4. The summed E-state index contributed by atoms with van der Waals surface area (Å²) in [6, 6.07) is 0. The molecule has 0 bridgehead atoms. The van der Waals surface area contributed by atoms with Gasteiger partial charge < -0.3 is 33.8 Å². The average Bonchev–Trinajstić information content (AvgIpc) is 3.73. The second-order valence-corrected chi connectivity index (χ2v) is 29.8. The number of hydrogen-bond donors (Lipinski definition) is 3. The molecule has 0 aliphatic heterocycles. The minimum Gasteiger partial charge on any atom is -0.462 e. The van der Waals surface area contributed by atoms with Crippen LogP contribution in [0.3, 0.4) is 0 Å². The molecule has 5 atom stereocenters. The van der Waals surface area contributed by atoms with Crippen LogP contribution in [0.4, 0.5) is 0 Å². The number of unbranched alkanes of at least 4 members (excludes halogenated alkanes) is 41. The molecule has 0 aromatic heterocycles. The summed E-state index contributed by atoms with van der Waals surface area (Å²) in [6.07, 6.45) is 50.0. The van der Waals surface area contributed by atoms with E-state index in [0.29, 0.717) is 25.7 Å². The van der Waals surface area contributed by atoms with Crippen molar-refractivity contribution in [2.24, 2.45) is 11.8 Å². The van der Waals surface area contributed by atoms with Gasteiger partial charge in [-0.05, 0) is 37.5 Å². The molecule has 0 amide bonds. The first kappa shape index (κ1) is 89.1. The molecule has 3 N–H and O–H groups in total. The molecule has 17 nitrogen and oxygen atoms in total. The molecule has 0 spiro atoms. The van der Waals surface area contributed by atoms with Crippen molar-refractivity contribution in [3.8, 4) is 0 Å². The minimum atomic E-state index is -4.95. The molecular formula is C72H140O17P2. The lowest BCUT2D eigenvalue weighted by Crippen LogP contribution is -2.30. The maximum Gasteiger partial charge on any atom is 0.472 e. The van der Waals surface area contributed by atoms with E-state index in [2.05, 4.69) is 41.5 Å². The number of carbonyl (C=O) groups is 4. The van der Waals surface area contributed by atoms with Crippen LogP contribution < -0.4 is 0 Å². The summed E-state index contributed by atoms with van der Waals surface area (Å²) in [4.78, 5) is 72.5. The summed E-state index contributed by atoms with van der Waals surface area (Å²) >= 11 is 0. The molecule has 0 fully saturated rings. The zero-order chi connectivity index (χ0) is 67.2. The third-order valence-corrected chi connectivity index (χ3v) is 18.6. The lowest BCUT2D eigenvalue weighted by molar-refractivity contribution is -0.161. The Morgan fingerprint density at radius 2 is 0.505 bits per heavy atom. The molecule has 0 aromatic rings. The quantitative estimate of drug-likeness (QED) is 0.0222. The van der Waals surface area contributed by atoms with E-state index in [1.807, 2.05) is 0 Å². The number of phosphoric ester groups is 2. The van der Waals surface area contributed by atoms with Crippen LogP contribution in [0.25, 0.3) is 0 Å². The third kappa shape index (κ3) is 66.5. The molecule has 0 rings (SSSR count). The Morgan fingerprint density at radius 3 is 0.747 bits per heavy atom. The van der Waals surface area contributed by atoms with E-state index in [1.165, 1.54) is 173 Å². The van der Waals surface area contributed by atoms with Gasteiger partial charge in [0.05, 0.1) is 26.4 Å². The van der Waals surface area contributed by atoms with E-state index >= 15 is 0 Å². The van der Waals surface area contributed by atoms with Crippen LogP contribution in [-0.4, -0.2) is 96.7 Å². The molecule has 0 saturated heterocycles. The van der Waals surface area contributed by atoms with Gasteiger partial charge in [-0.25, -0.2) is 9.13 Å². The number of carbonyl (C=O) groups excluding carboxylic acids is 4. The maximum absolute atomic E-state index is 13.0. The monoisotopic (exact) mass is 1340 g/mol. The normalized spacial score (nSPS) is 14.1. The molecule has 91 heavy (non-hydrogen) atoms. The van der Waals surface area contributed by atoms with Gasteiger partial charge >= 0.3 is 39.5 Å². The van der Waals surface area contributed by atoms with Gasteiger partial charge in [0.1, 0.15) is 19.3 Å². The molecule has 19 heteroatoms. The highest BCUT2D eigenvalue weighted by Crippen LogP contribution is 2.45. The van der Waals surface area contributed by atoms with Crippen molar-refractivity contribution in [1.82, 2.24) is 0 Å². The minimum absolute atomic E-state index is 0.106.